The summed E-state index contributed by atoms with van der Waals surface area (Å²) in [5, 5.41) is 2.66. The lowest BCUT2D eigenvalue weighted by atomic mass is 10.1. The van der Waals surface area contributed by atoms with Gasteiger partial charge in [0.1, 0.15) is 5.60 Å². The summed E-state index contributed by atoms with van der Waals surface area (Å²) < 4.78 is 5.20. The van der Waals surface area contributed by atoms with Gasteiger partial charge in [-0.1, -0.05) is 12.1 Å². The summed E-state index contributed by atoms with van der Waals surface area (Å²) in [4.78, 5) is 39.0. The van der Waals surface area contributed by atoms with Crippen LogP contribution in [0.2, 0.25) is 0 Å². The number of carbonyl (C=O) groups excluding carboxylic acids is 3. The van der Waals surface area contributed by atoms with Crippen LogP contribution in [0.4, 0.5) is 10.5 Å². The lowest BCUT2D eigenvalue weighted by molar-refractivity contribution is -0.138. The molecule has 1 aliphatic heterocycles. The monoisotopic (exact) mass is 361 g/mol. The first-order valence-electron chi connectivity index (χ1n) is 8.76. The molecular weight excluding hydrogens is 334 g/mol. The number of ether oxygens (including phenoxy) is 1. The summed E-state index contributed by atoms with van der Waals surface area (Å²) in [6.07, 6.45) is -0.211. The molecule has 1 N–H and O–H groups in total. The van der Waals surface area contributed by atoms with Gasteiger partial charge in [-0.05, 0) is 38.5 Å². The van der Waals surface area contributed by atoms with E-state index in [0.29, 0.717) is 38.3 Å². The van der Waals surface area contributed by atoms with E-state index >= 15 is 0 Å². The quantitative estimate of drug-likeness (QED) is 0.896. The number of hydrogen-bond donors (Lipinski definition) is 1. The number of nitrogens with zero attached hydrogens (tertiary/aromatic N) is 2. The summed E-state index contributed by atoms with van der Waals surface area (Å²) in [5.74, 6) is 0.0891. The molecule has 1 saturated heterocycles. The Morgan fingerprint density at radius 3 is 2.04 bits per heavy atom. The van der Waals surface area contributed by atoms with Gasteiger partial charge in [0.05, 0.1) is 6.42 Å². The average molecular weight is 361 g/mol. The number of benzene rings is 1. The molecule has 1 aromatic carbocycles. The highest BCUT2D eigenvalue weighted by Gasteiger charge is 2.22. The van der Waals surface area contributed by atoms with Crippen LogP contribution >= 0.6 is 0 Å². The zero-order chi connectivity index (χ0) is 19.3. The third kappa shape index (κ3) is 6.06. The van der Waals surface area contributed by atoms with Gasteiger partial charge in [0, 0.05) is 38.8 Å². The second-order valence-corrected chi connectivity index (χ2v) is 7.39. The Hall–Kier alpha value is -2.57. The van der Waals surface area contributed by atoms with Gasteiger partial charge in [-0.3, -0.25) is 14.9 Å². The van der Waals surface area contributed by atoms with Gasteiger partial charge < -0.3 is 14.5 Å². The normalized spacial score (nSPS) is 14.8. The maximum Gasteiger partial charge on any atom is 0.412 e. The van der Waals surface area contributed by atoms with Crippen molar-refractivity contribution in [3.63, 3.8) is 0 Å². The van der Waals surface area contributed by atoms with Crippen LogP contribution in [-0.2, 0) is 20.7 Å². The molecule has 0 saturated carbocycles. The molecular formula is C19H27N3O4. The fraction of sp³-hybridized carbons (Fsp3) is 0.526. The molecule has 1 fully saturated rings. The van der Waals surface area contributed by atoms with Crippen molar-refractivity contribution in [2.24, 2.45) is 0 Å². The van der Waals surface area contributed by atoms with Crippen LogP contribution in [-0.4, -0.2) is 59.5 Å². The van der Waals surface area contributed by atoms with Gasteiger partial charge in [-0.25, -0.2) is 4.79 Å². The van der Waals surface area contributed by atoms with Crippen LogP contribution < -0.4 is 5.32 Å². The molecule has 142 valence electrons. The molecule has 26 heavy (non-hydrogen) atoms. The van der Waals surface area contributed by atoms with Gasteiger partial charge in [0.15, 0.2) is 0 Å². The maximum absolute atomic E-state index is 12.4. The third-order valence-electron chi connectivity index (χ3n) is 4.03. The Kier molecular flexibility index (Phi) is 6.23. The minimum atomic E-state index is -0.553. The predicted molar refractivity (Wildman–Crippen MR) is 98.8 cm³/mol. The zero-order valence-corrected chi connectivity index (χ0v) is 15.9. The van der Waals surface area contributed by atoms with E-state index in [4.69, 9.17) is 4.74 Å². The first-order valence-corrected chi connectivity index (χ1v) is 8.76. The molecule has 0 radical (unpaired) electrons. The SMILES string of the molecule is CC(=O)N1CCN(C(=O)Cc2ccc(NC(=O)OC(C)(C)C)cc2)CC1. The lowest BCUT2D eigenvalue weighted by Crippen LogP contribution is -2.50. The third-order valence-corrected chi connectivity index (χ3v) is 4.03. The van der Waals surface area contributed by atoms with Crippen LogP contribution in [0, 0.1) is 0 Å². The largest absolute Gasteiger partial charge is 0.444 e. The van der Waals surface area contributed by atoms with Crippen molar-refractivity contribution >= 4 is 23.6 Å². The van der Waals surface area contributed by atoms with Crippen molar-refractivity contribution in [1.29, 1.82) is 0 Å². The minimum Gasteiger partial charge on any atom is -0.444 e. The summed E-state index contributed by atoms with van der Waals surface area (Å²) >= 11 is 0. The van der Waals surface area contributed by atoms with Gasteiger partial charge >= 0.3 is 6.09 Å². The number of carbonyl (C=O) groups is 3. The first kappa shape index (κ1) is 19.8. The van der Waals surface area contributed by atoms with Gasteiger partial charge in [-0.15, -0.1) is 0 Å². The van der Waals surface area contributed by atoms with Gasteiger partial charge in [0.2, 0.25) is 11.8 Å². The average Bonchev–Trinajstić information content (AvgIpc) is 2.55. The van der Waals surface area contributed by atoms with E-state index in [0.717, 1.165) is 5.56 Å². The van der Waals surface area contributed by atoms with E-state index in [2.05, 4.69) is 5.32 Å². The van der Waals surface area contributed by atoms with Gasteiger partial charge in [-0.2, -0.15) is 0 Å². The van der Waals surface area contributed by atoms with Crippen molar-refractivity contribution in [2.75, 3.05) is 31.5 Å². The number of anilines is 1. The van der Waals surface area contributed by atoms with Crippen molar-refractivity contribution in [2.45, 2.75) is 39.7 Å². The molecule has 0 bridgehead atoms. The summed E-state index contributed by atoms with van der Waals surface area (Å²) in [5.41, 5.74) is 0.937. The van der Waals surface area contributed by atoms with Crippen LogP contribution in [0.25, 0.3) is 0 Å². The molecule has 1 heterocycles. The van der Waals surface area contributed by atoms with Crippen LogP contribution in [0.15, 0.2) is 24.3 Å². The highest BCUT2D eigenvalue weighted by molar-refractivity contribution is 5.85. The number of nitrogens with one attached hydrogen (secondary N) is 1. The van der Waals surface area contributed by atoms with E-state index in [9.17, 15) is 14.4 Å². The van der Waals surface area contributed by atoms with Crippen LogP contribution in [0.5, 0.6) is 0 Å². The number of rotatable bonds is 3. The number of piperazine rings is 1. The van der Waals surface area contributed by atoms with E-state index in [1.807, 2.05) is 12.1 Å². The Morgan fingerprint density at radius 1 is 1.00 bits per heavy atom. The van der Waals surface area contributed by atoms with Crippen LogP contribution in [0.1, 0.15) is 33.3 Å². The van der Waals surface area contributed by atoms with E-state index < -0.39 is 11.7 Å². The second-order valence-electron chi connectivity index (χ2n) is 7.39. The maximum atomic E-state index is 12.4. The Morgan fingerprint density at radius 2 is 1.54 bits per heavy atom. The topological polar surface area (TPSA) is 79.0 Å². The van der Waals surface area contributed by atoms with Crippen molar-refractivity contribution in [3.8, 4) is 0 Å². The highest BCUT2D eigenvalue weighted by Crippen LogP contribution is 2.14. The van der Waals surface area contributed by atoms with Crippen molar-refractivity contribution in [1.82, 2.24) is 9.80 Å². The Balaban J connectivity index is 1.84. The zero-order valence-electron chi connectivity index (χ0n) is 15.9. The van der Waals surface area contributed by atoms with E-state index in [1.165, 1.54) is 0 Å². The van der Waals surface area contributed by atoms with E-state index in [-0.39, 0.29) is 11.8 Å². The lowest BCUT2D eigenvalue weighted by Gasteiger charge is -2.34. The van der Waals surface area contributed by atoms with Crippen molar-refractivity contribution < 1.29 is 19.1 Å². The van der Waals surface area contributed by atoms with E-state index in [1.54, 1.807) is 49.6 Å². The highest BCUT2D eigenvalue weighted by atomic mass is 16.6. The molecule has 0 atom stereocenters. The molecule has 1 aromatic rings. The number of hydrogen-bond acceptors (Lipinski definition) is 4. The molecule has 0 unspecified atom stereocenters. The fourth-order valence-electron chi connectivity index (χ4n) is 2.68. The molecule has 0 spiro atoms. The smallest absolute Gasteiger partial charge is 0.412 e. The Bertz CT molecular complexity index is 656. The summed E-state index contributed by atoms with van der Waals surface area (Å²) in [6.45, 7) is 9.25. The first-order chi connectivity index (χ1) is 12.1. The molecule has 7 nitrogen and oxygen atoms in total. The Labute approximate surface area is 154 Å². The fourth-order valence-corrected chi connectivity index (χ4v) is 2.68. The molecule has 1 aliphatic rings. The molecule has 2 rings (SSSR count). The summed E-state index contributed by atoms with van der Waals surface area (Å²) in [7, 11) is 0. The molecule has 3 amide bonds. The van der Waals surface area contributed by atoms with Gasteiger partial charge in [0.25, 0.3) is 0 Å². The minimum absolute atomic E-state index is 0.0426. The molecule has 0 aromatic heterocycles. The number of amides is 3. The summed E-state index contributed by atoms with van der Waals surface area (Å²) in [6, 6.07) is 7.13. The molecule has 0 aliphatic carbocycles. The predicted octanol–water partition coefficient (Wildman–Crippen LogP) is 2.27. The molecule has 7 heteroatoms. The second kappa shape index (κ2) is 8.21. The van der Waals surface area contributed by atoms with Crippen LogP contribution in [0.3, 0.4) is 0 Å². The standard InChI is InChI=1S/C19H27N3O4/c1-14(23)21-9-11-22(12-10-21)17(24)13-15-5-7-16(8-6-15)20-18(25)26-19(2,3)4/h5-8H,9-13H2,1-4H3,(H,20,25). The van der Waals surface area contributed by atoms with Crippen molar-refractivity contribution in [3.05, 3.63) is 29.8 Å².